The Balaban J connectivity index is 2.13. The lowest BCUT2D eigenvalue weighted by molar-refractivity contribution is 0.183. The number of aromatic nitrogens is 2. The van der Waals surface area contributed by atoms with E-state index in [0.29, 0.717) is 18.3 Å². The molecule has 0 amide bonds. The van der Waals surface area contributed by atoms with Crippen LogP contribution in [0.15, 0.2) is 4.42 Å². The van der Waals surface area contributed by atoms with Gasteiger partial charge in [-0.25, -0.2) is 0 Å². The maximum absolute atomic E-state index is 8.96. The number of hydrogen-bond donors (Lipinski definition) is 2. The van der Waals surface area contributed by atoms with Crippen LogP contribution in [0.3, 0.4) is 0 Å². The van der Waals surface area contributed by atoms with E-state index in [1.54, 1.807) is 13.8 Å². The molecule has 5 nitrogen and oxygen atoms in total. The SMILES string of the molecule is Cc1nnc(CNCCC(C)O)o1. The van der Waals surface area contributed by atoms with Crippen LogP contribution in [0, 0.1) is 6.92 Å². The number of nitrogens with zero attached hydrogens (tertiary/aromatic N) is 2. The van der Waals surface area contributed by atoms with Gasteiger partial charge in [0.25, 0.3) is 0 Å². The molecular formula is C8H15N3O2. The second-order valence-corrected chi connectivity index (χ2v) is 3.03. The fourth-order valence-electron chi connectivity index (χ4n) is 0.915. The number of aryl methyl sites for hydroxylation is 1. The lowest BCUT2D eigenvalue weighted by Gasteiger charge is -2.03. The van der Waals surface area contributed by atoms with Crippen molar-refractivity contribution in [3.8, 4) is 0 Å². The minimum absolute atomic E-state index is 0.267. The molecule has 1 atom stereocenters. The van der Waals surface area contributed by atoms with E-state index in [1.165, 1.54) is 0 Å². The van der Waals surface area contributed by atoms with Gasteiger partial charge in [-0.2, -0.15) is 0 Å². The summed E-state index contributed by atoms with van der Waals surface area (Å²) in [6, 6.07) is 0. The number of aliphatic hydroxyl groups excluding tert-OH is 1. The van der Waals surface area contributed by atoms with Crippen molar-refractivity contribution in [1.82, 2.24) is 15.5 Å². The second-order valence-electron chi connectivity index (χ2n) is 3.03. The van der Waals surface area contributed by atoms with Crippen molar-refractivity contribution >= 4 is 0 Å². The minimum Gasteiger partial charge on any atom is -0.424 e. The Morgan fingerprint density at radius 3 is 2.85 bits per heavy atom. The van der Waals surface area contributed by atoms with Gasteiger partial charge in [0.1, 0.15) is 0 Å². The van der Waals surface area contributed by atoms with Crippen molar-refractivity contribution in [2.45, 2.75) is 32.9 Å². The molecule has 1 unspecified atom stereocenters. The average molecular weight is 185 g/mol. The van der Waals surface area contributed by atoms with Crippen LogP contribution in [0.4, 0.5) is 0 Å². The van der Waals surface area contributed by atoms with E-state index in [0.717, 1.165) is 13.0 Å². The molecule has 0 saturated carbocycles. The maximum atomic E-state index is 8.96. The Hall–Kier alpha value is -0.940. The Labute approximate surface area is 77.2 Å². The molecule has 1 aromatic heterocycles. The minimum atomic E-state index is -0.267. The molecule has 1 heterocycles. The van der Waals surface area contributed by atoms with Gasteiger partial charge in [0.15, 0.2) is 0 Å². The summed E-state index contributed by atoms with van der Waals surface area (Å²) in [6.07, 6.45) is 0.463. The van der Waals surface area contributed by atoms with Crippen LogP contribution in [0.1, 0.15) is 25.1 Å². The summed E-state index contributed by atoms with van der Waals surface area (Å²) in [4.78, 5) is 0. The monoisotopic (exact) mass is 185 g/mol. The Morgan fingerprint density at radius 1 is 1.54 bits per heavy atom. The summed E-state index contributed by atoms with van der Waals surface area (Å²) < 4.78 is 5.14. The smallest absolute Gasteiger partial charge is 0.230 e. The van der Waals surface area contributed by atoms with Crippen LogP contribution in [-0.4, -0.2) is 28.0 Å². The van der Waals surface area contributed by atoms with E-state index >= 15 is 0 Å². The van der Waals surface area contributed by atoms with E-state index in [2.05, 4.69) is 15.5 Å². The molecule has 13 heavy (non-hydrogen) atoms. The summed E-state index contributed by atoms with van der Waals surface area (Å²) >= 11 is 0. The topological polar surface area (TPSA) is 71.2 Å². The predicted octanol–water partition coefficient (Wildman–Crippen LogP) is 0.239. The van der Waals surface area contributed by atoms with Crippen LogP contribution in [0.25, 0.3) is 0 Å². The van der Waals surface area contributed by atoms with Gasteiger partial charge in [-0.05, 0) is 19.9 Å². The predicted molar refractivity (Wildman–Crippen MR) is 47.0 cm³/mol. The molecule has 0 aliphatic carbocycles. The van der Waals surface area contributed by atoms with E-state index in [4.69, 9.17) is 9.52 Å². The summed E-state index contributed by atoms with van der Waals surface area (Å²) in [6.45, 7) is 4.83. The van der Waals surface area contributed by atoms with E-state index in [-0.39, 0.29) is 6.10 Å². The third kappa shape index (κ3) is 4.00. The third-order valence-corrected chi connectivity index (χ3v) is 1.58. The highest BCUT2D eigenvalue weighted by atomic mass is 16.4. The van der Waals surface area contributed by atoms with E-state index in [9.17, 15) is 0 Å². The second kappa shape index (κ2) is 4.94. The Morgan fingerprint density at radius 2 is 2.31 bits per heavy atom. The number of hydrogen-bond acceptors (Lipinski definition) is 5. The van der Waals surface area contributed by atoms with Gasteiger partial charge in [-0.3, -0.25) is 0 Å². The zero-order chi connectivity index (χ0) is 9.68. The van der Waals surface area contributed by atoms with E-state index < -0.39 is 0 Å². The highest BCUT2D eigenvalue weighted by molar-refractivity contribution is 4.77. The first-order chi connectivity index (χ1) is 6.18. The molecule has 5 heteroatoms. The maximum Gasteiger partial charge on any atom is 0.230 e. The Kier molecular flexibility index (Phi) is 3.85. The summed E-state index contributed by atoms with van der Waals surface area (Å²) in [7, 11) is 0. The molecule has 2 N–H and O–H groups in total. The normalized spacial score (nSPS) is 13.2. The summed E-state index contributed by atoms with van der Waals surface area (Å²) in [5.74, 6) is 1.16. The zero-order valence-electron chi connectivity index (χ0n) is 7.95. The van der Waals surface area contributed by atoms with Crippen molar-refractivity contribution in [1.29, 1.82) is 0 Å². The zero-order valence-corrected chi connectivity index (χ0v) is 7.95. The molecule has 0 fully saturated rings. The molecule has 1 aromatic rings. The highest BCUT2D eigenvalue weighted by Crippen LogP contribution is 1.96. The van der Waals surface area contributed by atoms with Gasteiger partial charge in [-0.1, -0.05) is 0 Å². The standard InChI is InChI=1S/C8H15N3O2/c1-6(12)3-4-9-5-8-11-10-7(2)13-8/h6,9,12H,3-5H2,1-2H3. The molecular weight excluding hydrogens is 170 g/mol. The first-order valence-corrected chi connectivity index (χ1v) is 4.36. The van der Waals surface area contributed by atoms with E-state index in [1.807, 2.05) is 0 Å². The van der Waals surface area contributed by atoms with Gasteiger partial charge in [0.2, 0.25) is 11.8 Å². The number of rotatable bonds is 5. The van der Waals surface area contributed by atoms with Crippen molar-refractivity contribution in [2.75, 3.05) is 6.54 Å². The molecule has 1 rings (SSSR count). The van der Waals surface area contributed by atoms with Crippen LogP contribution in [-0.2, 0) is 6.54 Å². The quantitative estimate of drug-likeness (QED) is 0.643. The molecule has 74 valence electrons. The first-order valence-electron chi connectivity index (χ1n) is 4.36. The fraction of sp³-hybridized carbons (Fsp3) is 0.750. The lowest BCUT2D eigenvalue weighted by Crippen LogP contribution is -2.18. The molecule has 0 radical (unpaired) electrons. The molecule has 0 bridgehead atoms. The van der Waals surface area contributed by atoms with Crippen molar-refractivity contribution in [2.24, 2.45) is 0 Å². The fourth-order valence-corrected chi connectivity index (χ4v) is 0.915. The molecule has 0 aliphatic heterocycles. The molecule has 0 spiro atoms. The van der Waals surface area contributed by atoms with Gasteiger partial charge in [0, 0.05) is 6.92 Å². The summed E-state index contributed by atoms with van der Waals surface area (Å²) in [5.41, 5.74) is 0. The van der Waals surface area contributed by atoms with Gasteiger partial charge in [0.05, 0.1) is 12.6 Å². The highest BCUT2D eigenvalue weighted by Gasteiger charge is 2.01. The molecule has 0 aliphatic rings. The largest absolute Gasteiger partial charge is 0.424 e. The van der Waals surface area contributed by atoms with Crippen molar-refractivity contribution in [3.63, 3.8) is 0 Å². The van der Waals surface area contributed by atoms with Gasteiger partial charge < -0.3 is 14.8 Å². The average Bonchev–Trinajstić information content (AvgIpc) is 2.45. The van der Waals surface area contributed by atoms with Gasteiger partial charge in [-0.15, -0.1) is 10.2 Å². The van der Waals surface area contributed by atoms with Crippen LogP contribution >= 0.6 is 0 Å². The number of nitrogens with one attached hydrogen (secondary N) is 1. The third-order valence-electron chi connectivity index (χ3n) is 1.58. The van der Waals surface area contributed by atoms with Crippen LogP contribution in [0.5, 0.6) is 0 Å². The molecule has 0 saturated heterocycles. The lowest BCUT2D eigenvalue weighted by atomic mass is 10.3. The van der Waals surface area contributed by atoms with Gasteiger partial charge >= 0.3 is 0 Å². The summed E-state index contributed by atoms with van der Waals surface area (Å²) in [5, 5.41) is 19.6. The van der Waals surface area contributed by atoms with Crippen molar-refractivity contribution < 1.29 is 9.52 Å². The first kappa shape index (κ1) is 10.1. The van der Waals surface area contributed by atoms with Crippen LogP contribution < -0.4 is 5.32 Å². The Bertz CT molecular complexity index is 247. The van der Waals surface area contributed by atoms with Crippen LogP contribution in [0.2, 0.25) is 0 Å². The molecule has 0 aromatic carbocycles. The number of aliphatic hydroxyl groups is 1. The van der Waals surface area contributed by atoms with Crippen molar-refractivity contribution in [3.05, 3.63) is 11.8 Å².